The molecule has 1 unspecified atom stereocenters. The van der Waals surface area contributed by atoms with Crippen LogP contribution in [0, 0.1) is 5.82 Å². The maximum Gasteiger partial charge on any atom is 0.340 e. The van der Waals surface area contributed by atoms with Crippen molar-refractivity contribution in [2.24, 2.45) is 0 Å². The van der Waals surface area contributed by atoms with E-state index in [-0.39, 0.29) is 36.6 Å². The molecule has 0 bridgehead atoms. The lowest BCUT2D eigenvalue weighted by molar-refractivity contribution is -0.157. The number of carbonyl (C=O) groups excluding carboxylic acids is 1. The second kappa shape index (κ2) is 6.10. The van der Waals surface area contributed by atoms with Crippen molar-refractivity contribution in [3.63, 3.8) is 0 Å². The largest absolute Gasteiger partial charge is 0.458 e. The van der Waals surface area contributed by atoms with Crippen LogP contribution in [0.3, 0.4) is 0 Å². The fourth-order valence-electron chi connectivity index (χ4n) is 4.10. The highest BCUT2D eigenvalue weighted by Crippen LogP contribution is 2.38. The Hall–Kier alpha value is -3.30. The van der Waals surface area contributed by atoms with Gasteiger partial charge >= 0.3 is 5.97 Å². The van der Waals surface area contributed by atoms with Crippen LogP contribution in [0.25, 0.3) is 22.3 Å². The first kappa shape index (κ1) is 17.8. The highest BCUT2D eigenvalue weighted by atomic mass is 19.1. The number of aliphatic hydroxyl groups is 2. The Morgan fingerprint density at radius 1 is 1.31 bits per heavy atom. The zero-order valence-corrected chi connectivity index (χ0v) is 15.3. The first-order valence-electron chi connectivity index (χ1n) is 9.00. The van der Waals surface area contributed by atoms with Gasteiger partial charge in [0.1, 0.15) is 12.4 Å². The standard InChI is InChI=1S/C20H16FN3O5/c1-22-15-2-8-11(6-25)10-5-24-16(17(10)23-14(8)4-13(15)21)3-9-12(19(24)27)7-29-20(28)18(9)26/h2-4,18,22,25-26H,5-7H2,1H3. The number of carbonyl (C=O) groups is 1. The van der Waals surface area contributed by atoms with Crippen LogP contribution in [0.4, 0.5) is 10.1 Å². The maximum absolute atomic E-state index is 14.3. The molecule has 4 heterocycles. The summed E-state index contributed by atoms with van der Waals surface area (Å²) in [7, 11) is 1.60. The van der Waals surface area contributed by atoms with E-state index in [1.54, 1.807) is 19.2 Å². The molecule has 8 nitrogen and oxygen atoms in total. The predicted octanol–water partition coefficient (Wildman–Crippen LogP) is 1.19. The summed E-state index contributed by atoms with van der Waals surface area (Å²) in [6.45, 7) is -0.353. The van der Waals surface area contributed by atoms with Gasteiger partial charge in [-0.3, -0.25) is 4.79 Å². The van der Waals surface area contributed by atoms with E-state index in [4.69, 9.17) is 4.74 Å². The summed E-state index contributed by atoms with van der Waals surface area (Å²) in [5, 5.41) is 23.5. The quantitative estimate of drug-likeness (QED) is 0.436. The highest BCUT2D eigenvalue weighted by Gasteiger charge is 2.34. The molecular formula is C20H16FN3O5. The Balaban J connectivity index is 1.82. The summed E-state index contributed by atoms with van der Waals surface area (Å²) in [6.07, 6.45) is -1.55. The van der Waals surface area contributed by atoms with Crippen LogP contribution < -0.4 is 10.9 Å². The first-order valence-corrected chi connectivity index (χ1v) is 9.00. The van der Waals surface area contributed by atoms with E-state index in [9.17, 15) is 24.2 Å². The second-order valence-electron chi connectivity index (χ2n) is 7.04. The third-order valence-corrected chi connectivity index (χ3v) is 5.59. The van der Waals surface area contributed by atoms with Crippen LogP contribution >= 0.6 is 0 Å². The molecule has 1 atom stereocenters. The number of hydrogen-bond acceptors (Lipinski definition) is 7. The number of cyclic esters (lactones) is 1. The number of pyridine rings is 2. The molecule has 9 heteroatoms. The van der Waals surface area contributed by atoms with Crippen LogP contribution in [0.1, 0.15) is 28.4 Å². The summed E-state index contributed by atoms with van der Waals surface area (Å²) in [5.41, 5.74) is 2.65. The minimum atomic E-state index is -1.55. The van der Waals surface area contributed by atoms with E-state index in [0.717, 1.165) is 0 Å². The number of rotatable bonds is 2. The Morgan fingerprint density at radius 2 is 2.10 bits per heavy atom. The molecule has 2 aliphatic rings. The molecule has 0 fully saturated rings. The van der Waals surface area contributed by atoms with Crippen molar-refractivity contribution >= 4 is 22.6 Å². The van der Waals surface area contributed by atoms with Crippen molar-refractivity contribution < 1.29 is 24.1 Å². The number of nitrogens with zero attached hydrogens (tertiary/aromatic N) is 2. The molecule has 3 N–H and O–H groups in total. The Labute approximate surface area is 163 Å². The number of hydrogen-bond donors (Lipinski definition) is 3. The number of anilines is 1. The van der Waals surface area contributed by atoms with Crippen molar-refractivity contribution in [1.82, 2.24) is 9.55 Å². The summed E-state index contributed by atoms with van der Waals surface area (Å²) in [4.78, 5) is 29.2. The summed E-state index contributed by atoms with van der Waals surface area (Å²) in [6, 6.07) is 4.40. The number of aromatic nitrogens is 2. The molecule has 5 rings (SSSR count). The molecule has 29 heavy (non-hydrogen) atoms. The maximum atomic E-state index is 14.3. The van der Waals surface area contributed by atoms with Gasteiger partial charge in [0.25, 0.3) is 5.56 Å². The fourth-order valence-corrected chi connectivity index (χ4v) is 4.10. The lowest BCUT2D eigenvalue weighted by Crippen LogP contribution is -2.32. The lowest BCUT2D eigenvalue weighted by Gasteiger charge is -2.21. The Kier molecular flexibility index (Phi) is 3.74. The van der Waals surface area contributed by atoms with Crippen LogP contribution in [0.5, 0.6) is 0 Å². The Morgan fingerprint density at radius 3 is 2.83 bits per heavy atom. The van der Waals surface area contributed by atoms with Crippen molar-refractivity contribution in [3.05, 3.63) is 56.6 Å². The Bertz CT molecular complexity index is 1280. The number of benzene rings is 1. The molecule has 148 valence electrons. The predicted molar refractivity (Wildman–Crippen MR) is 101 cm³/mol. The van der Waals surface area contributed by atoms with Crippen molar-refractivity contribution in [2.45, 2.75) is 25.9 Å². The normalized spacial score (nSPS) is 17.0. The molecule has 3 aromatic rings. The van der Waals surface area contributed by atoms with E-state index in [2.05, 4.69) is 10.3 Å². The van der Waals surface area contributed by atoms with Crippen molar-refractivity contribution in [1.29, 1.82) is 0 Å². The van der Waals surface area contributed by atoms with Crippen LogP contribution in [0.15, 0.2) is 23.0 Å². The SMILES string of the molecule is CNc1cc2c(CO)c3c(nc2cc1F)-c1cc2c(c(=O)n1C3)COC(=O)C2O. The monoisotopic (exact) mass is 397 g/mol. The van der Waals surface area contributed by atoms with Gasteiger partial charge in [-0.15, -0.1) is 0 Å². The molecule has 0 aliphatic carbocycles. The molecule has 0 spiro atoms. The highest BCUT2D eigenvalue weighted by molar-refractivity contribution is 5.90. The number of nitrogens with one attached hydrogen (secondary N) is 1. The van der Waals surface area contributed by atoms with E-state index in [1.807, 2.05) is 0 Å². The van der Waals surface area contributed by atoms with Crippen LogP contribution in [-0.4, -0.2) is 32.8 Å². The smallest absolute Gasteiger partial charge is 0.340 e. The van der Waals surface area contributed by atoms with Gasteiger partial charge in [-0.25, -0.2) is 14.2 Å². The van der Waals surface area contributed by atoms with E-state index in [0.29, 0.717) is 33.4 Å². The minimum Gasteiger partial charge on any atom is -0.458 e. The van der Waals surface area contributed by atoms with Crippen molar-refractivity contribution in [3.8, 4) is 11.4 Å². The van der Waals surface area contributed by atoms with Crippen molar-refractivity contribution in [2.75, 3.05) is 12.4 Å². The number of aliphatic hydroxyl groups excluding tert-OH is 2. The van der Waals surface area contributed by atoms with Gasteiger partial charge in [0.2, 0.25) is 0 Å². The summed E-state index contributed by atoms with van der Waals surface area (Å²) >= 11 is 0. The number of ether oxygens (including phenoxy) is 1. The molecule has 0 saturated heterocycles. The summed E-state index contributed by atoms with van der Waals surface area (Å²) < 4.78 is 20.6. The zero-order chi connectivity index (χ0) is 20.4. The van der Waals surface area contributed by atoms with Gasteiger partial charge in [0.15, 0.2) is 6.10 Å². The lowest BCUT2D eigenvalue weighted by atomic mass is 9.98. The second-order valence-corrected chi connectivity index (χ2v) is 7.04. The van der Waals surface area contributed by atoms with Gasteiger partial charge in [0, 0.05) is 29.6 Å². The molecule has 2 aromatic heterocycles. The minimum absolute atomic E-state index is 0.173. The van der Waals surface area contributed by atoms with Gasteiger partial charge < -0.3 is 24.8 Å². The van der Waals surface area contributed by atoms with E-state index >= 15 is 0 Å². The van der Waals surface area contributed by atoms with Gasteiger partial charge in [-0.2, -0.15) is 0 Å². The first-order chi connectivity index (χ1) is 13.9. The van der Waals surface area contributed by atoms with Gasteiger partial charge in [-0.05, 0) is 17.7 Å². The average molecular weight is 397 g/mol. The third kappa shape index (κ3) is 2.34. The molecule has 2 aliphatic heterocycles. The molecule has 0 saturated carbocycles. The fraction of sp³-hybridized carbons (Fsp3) is 0.250. The number of fused-ring (bicyclic) bond motifs is 5. The van der Waals surface area contributed by atoms with Crippen LogP contribution in [0.2, 0.25) is 0 Å². The third-order valence-electron chi connectivity index (χ3n) is 5.59. The molecular weight excluding hydrogens is 381 g/mol. The topological polar surface area (TPSA) is 114 Å². The zero-order valence-electron chi connectivity index (χ0n) is 15.3. The average Bonchev–Trinajstić information content (AvgIpc) is 3.07. The van der Waals surface area contributed by atoms with Gasteiger partial charge in [-0.1, -0.05) is 0 Å². The molecule has 1 aromatic carbocycles. The summed E-state index contributed by atoms with van der Waals surface area (Å²) in [5.74, 6) is -1.31. The number of esters is 1. The van der Waals surface area contributed by atoms with E-state index < -0.39 is 23.4 Å². The van der Waals surface area contributed by atoms with Gasteiger partial charge in [0.05, 0.1) is 41.3 Å². The van der Waals surface area contributed by atoms with Crippen LogP contribution in [-0.2, 0) is 29.3 Å². The van der Waals surface area contributed by atoms with E-state index in [1.165, 1.54) is 10.6 Å². The molecule has 0 radical (unpaired) electrons. The number of halogens is 1. The molecule has 0 amide bonds.